The van der Waals surface area contributed by atoms with Gasteiger partial charge >= 0.3 is 0 Å². The van der Waals surface area contributed by atoms with Gasteiger partial charge in [-0.2, -0.15) is 0 Å². The highest BCUT2D eigenvalue weighted by molar-refractivity contribution is 7.28. The van der Waals surface area contributed by atoms with Crippen LogP contribution in [0.25, 0.3) is 22.3 Å². The van der Waals surface area contributed by atoms with Crippen LogP contribution >= 0.6 is 9.24 Å². The molecule has 6 heteroatoms. The van der Waals surface area contributed by atoms with Gasteiger partial charge in [0.1, 0.15) is 28.7 Å². The molecule has 3 rings (SSSR count). The zero-order chi connectivity index (χ0) is 21.0. The van der Waals surface area contributed by atoms with E-state index in [1.165, 1.54) is 0 Å². The molecule has 152 valence electrons. The fourth-order valence-corrected chi connectivity index (χ4v) is 3.94. The van der Waals surface area contributed by atoms with Gasteiger partial charge in [-0.05, 0) is 17.7 Å². The van der Waals surface area contributed by atoms with Crippen LogP contribution in [0.1, 0.15) is 0 Å². The Bertz CT molecular complexity index is 1000. The van der Waals surface area contributed by atoms with Crippen LogP contribution in [-0.2, 0) is 0 Å². The smallest absolute Gasteiger partial charge is 0.142 e. The van der Waals surface area contributed by atoms with E-state index < -0.39 is 0 Å². The Morgan fingerprint density at radius 3 is 1.66 bits per heavy atom. The number of rotatable bonds is 7. The Hall–Kier alpha value is -2.91. The third-order valence-corrected chi connectivity index (χ3v) is 5.35. The minimum atomic E-state index is 0.605. The summed E-state index contributed by atoms with van der Waals surface area (Å²) >= 11 is 0. The van der Waals surface area contributed by atoms with Crippen molar-refractivity contribution in [2.75, 3.05) is 35.5 Å². The van der Waals surface area contributed by atoms with Gasteiger partial charge in [0.05, 0.1) is 46.7 Å². The standard InChI is InChI=1S/C23H25O5P/c1-24-15-11-12-16(25-2)23(29)21(15)20-18(27-4)13-17(26-3)19(22(20)28-5)14-9-7-6-8-10-14/h6-13H,29H2,1-5H3. The second kappa shape index (κ2) is 9.06. The van der Waals surface area contributed by atoms with E-state index in [2.05, 4.69) is 9.24 Å². The average molecular weight is 412 g/mol. The lowest BCUT2D eigenvalue weighted by Crippen LogP contribution is -2.08. The van der Waals surface area contributed by atoms with Crippen molar-refractivity contribution in [3.05, 3.63) is 48.5 Å². The van der Waals surface area contributed by atoms with Gasteiger partial charge in [0.2, 0.25) is 0 Å². The molecule has 0 saturated carbocycles. The van der Waals surface area contributed by atoms with Gasteiger partial charge in [-0.15, -0.1) is 9.24 Å². The molecule has 0 spiro atoms. The van der Waals surface area contributed by atoms with Gasteiger partial charge in [0, 0.05) is 16.9 Å². The third kappa shape index (κ3) is 3.70. The van der Waals surface area contributed by atoms with Crippen molar-refractivity contribution >= 4 is 14.5 Å². The summed E-state index contributed by atoms with van der Waals surface area (Å²) in [6.07, 6.45) is 0. The summed E-state index contributed by atoms with van der Waals surface area (Å²) in [6.45, 7) is 0. The maximum absolute atomic E-state index is 5.93. The molecule has 0 aromatic heterocycles. The zero-order valence-corrected chi connectivity index (χ0v) is 18.4. The van der Waals surface area contributed by atoms with Crippen molar-refractivity contribution in [3.63, 3.8) is 0 Å². The Morgan fingerprint density at radius 1 is 0.552 bits per heavy atom. The second-order valence-electron chi connectivity index (χ2n) is 6.19. The van der Waals surface area contributed by atoms with Crippen LogP contribution in [-0.4, -0.2) is 35.5 Å². The summed E-state index contributed by atoms with van der Waals surface area (Å²) in [7, 11) is 10.9. The van der Waals surface area contributed by atoms with Crippen molar-refractivity contribution in [3.8, 4) is 51.0 Å². The van der Waals surface area contributed by atoms with Crippen molar-refractivity contribution in [2.45, 2.75) is 0 Å². The molecule has 0 bridgehead atoms. The minimum Gasteiger partial charge on any atom is -0.496 e. The number of methoxy groups -OCH3 is 5. The molecule has 5 nitrogen and oxygen atoms in total. The third-order valence-electron chi connectivity index (χ3n) is 4.77. The Balaban J connectivity index is 2.48. The molecular weight excluding hydrogens is 387 g/mol. The van der Waals surface area contributed by atoms with Crippen molar-refractivity contribution in [1.29, 1.82) is 0 Å². The SMILES string of the molecule is COc1ccc(OC)c(-c2c(OC)cc(OC)c(-c3ccccc3)c2OC)c1P. The van der Waals surface area contributed by atoms with Gasteiger partial charge in [0.15, 0.2) is 0 Å². The zero-order valence-electron chi connectivity index (χ0n) is 17.2. The lowest BCUT2D eigenvalue weighted by Gasteiger charge is -2.23. The Labute approximate surface area is 173 Å². The van der Waals surface area contributed by atoms with Gasteiger partial charge in [-0.3, -0.25) is 0 Å². The summed E-state index contributed by atoms with van der Waals surface area (Å²) in [5.74, 6) is 3.28. The molecule has 3 aromatic rings. The first-order chi connectivity index (χ1) is 14.1. The predicted octanol–water partition coefficient (Wildman–Crippen LogP) is 4.56. The number of benzene rings is 3. The molecule has 0 radical (unpaired) electrons. The molecule has 0 aliphatic rings. The van der Waals surface area contributed by atoms with Crippen LogP contribution < -0.4 is 29.0 Å². The van der Waals surface area contributed by atoms with E-state index in [-0.39, 0.29) is 0 Å². The molecule has 1 unspecified atom stereocenters. The van der Waals surface area contributed by atoms with Crippen LogP contribution in [0.2, 0.25) is 0 Å². The van der Waals surface area contributed by atoms with Gasteiger partial charge in [-0.25, -0.2) is 0 Å². The van der Waals surface area contributed by atoms with Crippen LogP contribution in [0.3, 0.4) is 0 Å². The summed E-state index contributed by atoms with van der Waals surface area (Å²) in [6, 6.07) is 15.6. The largest absolute Gasteiger partial charge is 0.496 e. The Kier molecular flexibility index (Phi) is 6.50. The summed E-state index contributed by atoms with van der Waals surface area (Å²) < 4.78 is 28.6. The van der Waals surface area contributed by atoms with E-state index in [1.807, 2.05) is 48.5 Å². The highest BCUT2D eigenvalue weighted by Crippen LogP contribution is 2.52. The summed E-state index contributed by atoms with van der Waals surface area (Å²) in [5.41, 5.74) is 3.37. The quantitative estimate of drug-likeness (QED) is 0.532. The van der Waals surface area contributed by atoms with Crippen molar-refractivity contribution in [1.82, 2.24) is 0 Å². The molecule has 29 heavy (non-hydrogen) atoms. The van der Waals surface area contributed by atoms with Crippen LogP contribution in [0.5, 0.6) is 28.7 Å². The maximum Gasteiger partial charge on any atom is 0.142 e. The van der Waals surface area contributed by atoms with Crippen molar-refractivity contribution in [2.24, 2.45) is 0 Å². The lowest BCUT2D eigenvalue weighted by molar-refractivity contribution is 0.378. The molecule has 0 amide bonds. The highest BCUT2D eigenvalue weighted by Gasteiger charge is 2.27. The topological polar surface area (TPSA) is 46.2 Å². The molecule has 3 aromatic carbocycles. The lowest BCUT2D eigenvalue weighted by atomic mass is 9.94. The van der Waals surface area contributed by atoms with E-state index in [0.717, 1.165) is 27.6 Å². The van der Waals surface area contributed by atoms with E-state index in [1.54, 1.807) is 35.5 Å². The number of ether oxygens (including phenoxy) is 5. The average Bonchev–Trinajstić information content (AvgIpc) is 2.77. The first kappa shape index (κ1) is 20.8. The fourth-order valence-electron chi connectivity index (χ4n) is 3.44. The van der Waals surface area contributed by atoms with Crippen LogP contribution in [0.15, 0.2) is 48.5 Å². The molecule has 0 aliphatic heterocycles. The normalized spacial score (nSPS) is 10.4. The summed E-state index contributed by atoms with van der Waals surface area (Å²) in [5, 5.41) is 0.840. The second-order valence-corrected chi connectivity index (χ2v) is 6.77. The highest BCUT2D eigenvalue weighted by atomic mass is 31.0. The van der Waals surface area contributed by atoms with Gasteiger partial charge in [0.25, 0.3) is 0 Å². The van der Waals surface area contributed by atoms with Gasteiger partial charge < -0.3 is 23.7 Å². The monoisotopic (exact) mass is 412 g/mol. The molecule has 0 heterocycles. The van der Waals surface area contributed by atoms with Crippen LogP contribution in [0.4, 0.5) is 0 Å². The molecule has 1 atom stereocenters. The Morgan fingerprint density at radius 2 is 1.10 bits per heavy atom. The predicted molar refractivity (Wildman–Crippen MR) is 119 cm³/mol. The molecule has 0 saturated heterocycles. The molecule has 0 aliphatic carbocycles. The van der Waals surface area contributed by atoms with Gasteiger partial charge in [-0.1, -0.05) is 30.3 Å². The van der Waals surface area contributed by atoms with E-state index >= 15 is 0 Å². The number of hydrogen-bond donors (Lipinski definition) is 0. The van der Waals surface area contributed by atoms with Crippen molar-refractivity contribution < 1.29 is 23.7 Å². The van der Waals surface area contributed by atoms with E-state index in [0.29, 0.717) is 28.7 Å². The summed E-state index contributed by atoms with van der Waals surface area (Å²) in [4.78, 5) is 0. The minimum absolute atomic E-state index is 0.605. The first-order valence-electron chi connectivity index (χ1n) is 9.00. The number of hydrogen-bond acceptors (Lipinski definition) is 5. The first-order valence-corrected chi connectivity index (χ1v) is 9.58. The fraction of sp³-hybridized carbons (Fsp3) is 0.217. The maximum atomic E-state index is 5.93. The van der Waals surface area contributed by atoms with E-state index in [4.69, 9.17) is 23.7 Å². The molecule has 0 fully saturated rings. The van der Waals surface area contributed by atoms with E-state index in [9.17, 15) is 0 Å². The van der Waals surface area contributed by atoms with Crippen LogP contribution in [0, 0.1) is 0 Å². The molecular formula is C23H25O5P. The molecule has 0 N–H and O–H groups in total.